The second-order valence-corrected chi connectivity index (χ2v) is 20.3. The first-order chi connectivity index (χ1) is 30.0. The fourth-order valence-corrected chi connectivity index (χ4v) is 8.08. The number of amides is 1. The summed E-state index contributed by atoms with van der Waals surface area (Å²) in [7, 11) is 1.23. The van der Waals surface area contributed by atoms with Gasteiger partial charge in [-0.25, -0.2) is 0 Å². The van der Waals surface area contributed by atoms with Gasteiger partial charge in [-0.3, -0.25) is 9.36 Å². The molecular weight excluding hydrogens is 792 g/mol. The van der Waals surface area contributed by atoms with Crippen LogP contribution in [0.4, 0.5) is 0 Å². The normalized spacial score (nSPS) is 14.5. The molecule has 62 heavy (non-hydrogen) atoms. The molecule has 0 aromatic rings. The lowest BCUT2D eigenvalue weighted by atomic mass is 10.1. The first-order valence-corrected chi connectivity index (χ1v) is 27.5. The van der Waals surface area contributed by atoms with Crippen molar-refractivity contribution in [2.75, 3.05) is 40.9 Å². The van der Waals surface area contributed by atoms with E-state index in [1.807, 2.05) is 27.2 Å². The van der Waals surface area contributed by atoms with Crippen LogP contribution in [-0.2, 0) is 18.4 Å². The number of rotatable bonds is 47. The molecule has 0 rings (SSSR count). The van der Waals surface area contributed by atoms with Gasteiger partial charge in [0.1, 0.15) is 13.2 Å². The molecule has 0 heterocycles. The molecule has 0 saturated heterocycles. The number of allylic oxidation sites excluding steroid dienone is 7. The van der Waals surface area contributed by atoms with Crippen LogP contribution < -0.4 is 10.2 Å². The van der Waals surface area contributed by atoms with Crippen LogP contribution in [0.3, 0.4) is 0 Å². The van der Waals surface area contributed by atoms with Crippen molar-refractivity contribution in [3.05, 3.63) is 48.6 Å². The molecule has 0 fully saturated rings. The van der Waals surface area contributed by atoms with Gasteiger partial charge in [0.2, 0.25) is 5.91 Å². The Hall–Kier alpha value is -1.54. The van der Waals surface area contributed by atoms with Crippen molar-refractivity contribution in [2.24, 2.45) is 0 Å². The maximum Gasteiger partial charge on any atom is 0.268 e. The summed E-state index contributed by atoms with van der Waals surface area (Å²) in [6.45, 7) is 4.63. The van der Waals surface area contributed by atoms with Crippen LogP contribution in [0.15, 0.2) is 48.6 Å². The lowest BCUT2D eigenvalue weighted by Crippen LogP contribution is -2.45. The summed E-state index contributed by atoms with van der Waals surface area (Å²) in [6.07, 6.45) is 57.4. The number of phosphoric acid groups is 1. The third kappa shape index (κ3) is 46.5. The second-order valence-electron chi connectivity index (χ2n) is 18.9. The molecule has 0 aliphatic carbocycles. The molecule has 0 aliphatic heterocycles. The van der Waals surface area contributed by atoms with Gasteiger partial charge in [-0.1, -0.05) is 204 Å². The molecule has 9 heteroatoms. The van der Waals surface area contributed by atoms with E-state index in [1.165, 1.54) is 167 Å². The van der Waals surface area contributed by atoms with Crippen LogP contribution in [0.5, 0.6) is 0 Å². The Bertz CT molecular complexity index is 1150. The van der Waals surface area contributed by atoms with E-state index in [0.717, 1.165) is 44.9 Å². The second kappa shape index (κ2) is 44.7. The number of phosphoric ester groups is 1. The lowest BCUT2D eigenvalue weighted by Gasteiger charge is -2.29. The molecular formula is C53H101N2O6P. The highest BCUT2D eigenvalue weighted by molar-refractivity contribution is 7.45. The molecule has 2 N–H and O–H groups in total. The Morgan fingerprint density at radius 2 is 0.903 bits per heavy atom. The molecule has 3 atom stereocenters. The number of aliphatic hydroxyl groups is 1. The molecule has 8 nitrogen and oxygen atoms in total. The highest BCUT2D eigenvalue weighted by Crippen LogP contribution is 2.38. The number of nitrogens with one attached hydrogen (secondary N) is 1. The van der Waals surface area contributed by atoms with Gasteiger partial charge in [0, 0.05) is 6.42 Å². The molecule has 0 aromatic carbocycles. The molecule has 0 aromatic heterocycles. The van der Waals surface area contributed by atoms with Gasteiger partial charge in [0.15, 0.2) is 0 Å². The average molecular weight is 893 g/mol. The zero-order valence-electron chi connectivity index (χ0n) is 41.3. The number of aliphatic hydroxyl groups excluding tert-OH is 1. The maximum absolute atomic E-state index is 12.9. The Balaban J connectivity index is 4.39. The van der Waals surface area contributed by atoms with Crippen LogP contribution in [0.2, 0.25) is 0 Å². The number of hydrogen-bond donors (Lipinski definition) is 2. The van der Waals surface area contributed by atoms with E-state index in [1.54, 1.807) is 6.08 Å². The van der Waals surface area contributed by atoms with Crippen molar-refractivity contribution in [1.29, 1.82) is 0 Å². The number of nitrogens with zero attached hydrogens (tertiary/aromatic N) is 1. The number of carbonyl (C=O) groups excluding carboxylic acids is 1. The van der Waals surface area contributed by atoms with Crippen LogP contribution >= 0.6 is 7.82 Å². The van der Waals surface area contributed by atoms with E-state index >= 15 is 0 Å². The van der Waals surface area contributed by atoms with Crippen molar-refractivity contribution in [3.63, 3.8) is 0 Å². The Labute approximate surface area is 384 Å². The summed E-state index contributed by atoms with van der Waals surface area (Å²) in [4.78, 5) is 25.4. The third-order valence-electron chi connectivity index (χ3n) is 11.5. The number of likely N-dealkylation sites (N-methyl/N-ethyl adjacent to an activating group) is 1. The molecule has 0 bridgehead atoms. The van der Waals surface area contributed by atoms with Crippen LogP contribution in [0.1, 0.15) is 232 Å². The van der Waals surface area contributed by atoms with Gasteiger partial charge >= 0.3 is 0 Å². The summed E-state index contributed by atoms with van der Waals surface area (Å²) < 4.78 is 23.3. The Kier molecular flexibility index (Phi) is 43.5. The van der Waals surface area contributed by atoms with Crippen molar-refractivity contribution in [1.82, 2.24) is 5.32 Å². The predicted molar refractivity (Wildman–Crippen MR) is 265 cm³/mol. The van der Waals surface area contributed by atoms with Crippen LogP contribution in [0.25, 0.3) is 0 Å². The average Bonchev–Trinajstić information content (AvgIpc) is 3.23. The quantitative estimate of drug-likeness (QED) is 0.0273. The SMILES string of the molecule is CCCCCCCCCCC/C=C\CCCCCCCCCC(=O)NC(COP(=O)([O-])OCC[N+](C)(C)C)C(O)/C=C/CC/C=C/CC/C=C/CCCCCCCCCCCC. The van der Waals surface area contributed by atoms with Gasteiger partial charge in [0.05, 0.1) is 39.9 Å². The smallest absolute Gasteiger partial charge is 0.268 e. The Morgan fingerprint density at radius 3 is 1.31 bits per heavy atom. The Morgan fingerprint density at radius 1 is 0.548 bits per heavy atom. The zero-order valence-corrected chi connectivity index (χ0v) is 42.2. The minimum atomic E-state index is -4.61. The number of hydrogen-bond acceptors (Lipinski definition) is 6. The van der Waals surface area contributed by atoms with Crippen molar-refractivity contribution < 1.29 is 32.9 Å². The topological polar surface area (TPSA) is 108 Å². The van der Waals surface area contributed by atoms with Gasteiger partial charge in [0.25, 0.3) is 7.82 Å². The van der Waals surface area contributed by atoms with Gasteiger partial charge in [-0.2, -0.15) is 0 Å². The first kappa shape index (κ1) is 60.5. The summed E-state index contributed by atoms with van der Waals surface area (Å²) in [6, 6.07) is -0.912. The largest absolute Gasteiger partial charge is 0.756 e. The van der Waals surface area contributed by atoms with E-state index in [0.29, 0.717) is 17.4 Å². The summed E-state index contributed by atoms with van der Waals surface area (Å²) in [5, 5.41) is 13.8. The van der Waals surface area contributed by atoms with Gasteiger partial charge in [-0.15, -0.1) is 0 Å². The summed E-state index contributed by atoms with van der Waals surface area (Å²) in [5.74, 6) is -0.215. The number of carbonyl (C=O) groups is 1. The zero-order chi connectivity index (χ0) is 45.7. The van der Waals surface area contributed by atoms with Crippen molar-refractivity contribution in [3.8, 4) is 0 Å². The highest BCUT2D eigenvalue weighted by Gasteiger charge is 2.23. The van der Waals surface area contributed by atoms with Crippen LogP contribution in [0, 0.1) is 0 Å². The molecule has 364 valence electrons. The highest BCUT2D eigenvalue weighted by atomic mass is 31.2. The summed E-state index contributed by atoms with van der Waals surface area (Å²) >= 11 is 0. The van der Waals surface area contributed by atoms with Gasteiger partial charge < -0.3 is 28.8 Å². The lowest BCUT2D eigenvalue weighted by molar-refractivity contribution is -0.870. The fourth-order valence-electron chi connectivity index (χ4n) is 7.36. The molecule has 0 saturated carbocycles. The molecule has 0 radical (unpaired) electrons. The maximum atomic E-state index is 12.9. The van der Waals surface area contributed by atoms with Gasteiger partial charge in [-0.05, 0) is 70.6 Å². The molecule has 0 spiro atoms. The van der Waals surface area contributed by atoms with E-state index in [4.69, 9.17) is 9.05 Å². The number of unbranched alkanes of at least 4 members (excludes halogenated alkanes) is 28. The number of quaternary nitrogens is 1. The third-order valence-corrected chi connectivity index (χ3v) is 12.5. The van der Waals surface area contributed by atoms with Crippen molar-refractivity contribution >= 4 is 13.7 Å². The van der Waals surface area contributed by atoms with E-state index in [-0.39, 0.29) is 12.5 Å². The molecule has 1 amide bonds. The first-order valence-electron chi connectivity index (χ1n) is 26.0. The minimum Gasteiger partial charge on any atom is -0.756 e. The van der Waals surface area contributed by atoms with Crippen LogP contribution in [-0.4, -0.2) is 68.5 Å². The van der Waals surface area contributed by atoms with Crippen molar-refractivity contribution in [2.45, 2.75) is 244 Å². The summed E-state index contributed by atoms with van der Waals surface area (Å²) in [5.41, 5.74) is 0. The standard InChI is InChI=1S/C53H101N2O6P/c1-6-8-10-12-14-16-18-20-22-24-26-28-30-32-34-36-38-40-42-44-46-52(56)51(50-61-62(58,59)60-49-48-55(3,4)5)54-53(57)47-45-43-41-39-37-35-33-31-29-27-25-23-21-19-17-15-13-11-9-7-2/h27-30,36,38,44,46,51-52,56H,6-26,31-35,37,39-43,45,47-50H2,1-5H3,(H-,54,57,58,59)/b29-27-,30-28+,38-36+,46-44+. The molecule has 3 unspecified atom stereocenters. The predicted octanol–water partition coefficient (Wildman–Crippen LogP) is 14.6. The monoisotopic (exact) mass is 893 g/mol. The van der Waals surface area contributed by atoms with E-state index in [9.17, 15) is 19.4 Å². The minimum absolute atomic E-state index is 0.0105. The van der Waals surface area contributed by atoms with E-state index in [2.05, 4.69) is 55.6 Å². The fraction of sp³-hybridized carbons (Fsp3) is 0.830. The molecule has 0 aliphatic rings. The van der Waals surface area contributed by atoms with E-state index < -0.39 is 26.6 Å².